The number of nitrogens with one attached hydrogen (secondary N) is 1. The summed E-state index contributed by atoms with van der Waals surface area (Å²) in [6.45, 7) is 1.41. The molecule has 1 heterocycles. The van der Waals surface area contributed by atoms with Gasteiger partial charge in [-0.05, 0) is 36.4 Å². The predicted molar refractivity (Wildman–Crippen MR) is 116 cm³/mol. The van der Waals surface area contributed by atoms with E-state index in [2.05, 4.69) is 10.5 Å². The first-order valence-corrected chi connectivity index (χ1v) is 10.0. The van der Waals surface area contributed by atoms with E-state index in [1.54, 1.807) is 18.2 Å². The van der Waals surface area contributed by atoms with Crippen LogP contribution in [0, 0.1) is 0 Å². The number of alkyl halides is 3. The van der Waals surface area contributed by atoms with Gasteiger partial charge in [0.25, 0.3) is 5.91 Å². The van der Waals surface area contributed by atoms with E-state index >= 15 is 0 Å². The maximum Gasteiger partial charge on any atom is 0.416 e. The SMILES string of the molecule is COc1ccc(/C=N/OCC(=O)Nc2cc(C(F)(F)F)ccc2N2CCOCC2)cc1OC. The molecule has 2 aromatic carbocycles. The van der Waals surface area contributed by atoms with Crippen molar-refractivity contribution in [3.8, 4) is 11.5 Å². The lowest BCUT2D eigenvalue weighted by atomic mass is 10.1. The zero-order chi connectivity index (χ0) is 23.8. The molecular formula is C22H24F3N3O5. The number of hydrogen-bond acceptors (Lipinski definition) is 7. The summed E-state index contributed by atoms with van der Waals surface area (Å²) in [4.78, 5) is 19.2. The fourth-order valence-electron chi connectivity index (χ4n) is 3.21. The third kappa shape index (κ3) is 6.51. The number of rotatable bonds is 8. The minimum absolute atomic E-state index is 0.0456. The molecule has 0 aromatic heterocycles. The molecular weight excluding hydrogens is 443 g/mol. The number of carbonyl (C=O) groups is 1. The van der Waals surface area contributed by atoms with E-state index in [0.717, 1.165) is 12.1 Å². The quantitative estimate of drug-likeness (QED) is 0.473. The molecule has 0 bridgehead atoms. The summed E-state index contributed by atoms with van der Waals surface area (Å²) in [6.07, 6.45) is -3.16. The van der Waals surface area contributed by atoms with Crippen LogP contribution in [0.3, 0.4) is 0 Å². The fraction of sp³-hybridized carbons (Fsp3) is 0.364. The van der Waals surface area contributed by atoms with Crippen LogP contribution in [-0.2, 0) is 20.5 Å². The van der Waals surface area contributed by atoms with Crippen molar-refractivity contribution in [3.63, 3.8) is 0 Å². The van der Waals surface area contributed by atoms with Crippen LogP contribution in [0.4, 0.5) is 24.5 Å². The second kappa shape index (κ2) is 10.9. The Labute approximate surface area is 188 Å². The molecule has 1 N–H and O–H groups in total. The van der Waals surface area contributed by atoms with Gasteiger partial charge in [0, 0.05) is 18.7 Å². The first-order valence-electron chi connectivity index (χ1n) is 10.0. The first kappa shape index (κ1) is 24.2. The second-order valence-corrected chi connectivity index (χ2v) is 7.00. The Morgan fingerprint density at radius 1 is 1.12 bits per heavy atom. The molecule has 1 aliphatic heterocycles. The summed E-state index contributed by atoms with van der Waals surface area (Å²) in [6, 6.07) is 8.32. The van der Waals surface area contributed by atoms with Crippen molar-refractivity contribution in [2.45, 2.75) is 6.18 Å². The van der Waals surface area contributed by atoms with Gasteiger partial charge >= 0.3 is 6.18 Å². The van der Waals surface area contributed by atoms with Crippen molar-refractivity contribution in [2.24, 2.45) is 5.16 Å². The summed E-state index contributed by atoms with van der Waals surface area (Å²) in [5.74, 6) is 0.403. The van der Waals surface area contributed by atoms with E-state index in [1.807, 2.05) is 4.90 Å². The Morgan fingerprint density at radius 3 is 2.52 bits per heavy atom. The Hall–Kier alpha value is -3.47. The number of hydrogen-bond donors (Lipinski definition) is 1. The predicted octanol–water partition coefficient (Wildman–Crippen LogP) is 3.55. The summed E-state index contributed by atoms with van der Waals surface area (Å²) < 4.78 is 55.2. The standard InChI is InChI=1S/C22H24F3N3O5/c1-30-19-6-3-15(11-20(19)31-2)13-26-33-14-21(29)27-17-12-16(22(23,24)25)4-5-18(17)28-7-9-32-10-8-28/h3-6,11-13H,7-10,14H2,1-2H3,(H,27,29)/b26-13+. The highest BCUT2D eigenvalue weighted by atomic mass is 19.4. The van der Waals surface area contributed by atoms with Gasteiger partial charge in [0.05, 0.1) is 50.6 Å². The number of amides is 1. The molecule has 178 valence electrons. The highest BCUT2D eigenvalue weighted by Gasteiger charge is 2.32. The van der Waals surface area contributed by atoms with Crippen molar-refractivity contribution >= 4 is 23.5 Å². The summed E-state index contributed by atoms with van der Waals surface area (Å²) >= 11 is 0. The average Bonchev–Trinajstić information content (AvgIpc) is 2.81. The molecule has 1 saturated heterocycles. The molecule has 33 heavy (non-hydrogen) atoms. The van der Waals surface area contributed by atoms with E-state index in [-0.39, 0.29) is 5.69 Å². The first-order chi connectivity index (χ1) is 15.8. The van der Waals surface area contributed by atoms with E-state index in [1.165, 1.54) is 26.5 Å². The van der Waals surface area contributed by atoms with Crippen LogP contribution < -0.4 is 19.7 Å². The van der Waals surface area contributed by atoms with Crippen LogP contribution in [0.15, 0.2) is 41.6 Å². The van der Waals surface area contributed by atoms with Crippen LogP contribution >= 0.6 is 0 Å². The van der Waals surface area contributed by atoms with Gasteiger partial charge in [-0.3, -0.25) is 4.79 Å². The molecule has 1 amide bonds. The molecule has 0 atom stereocenters. The van der Waals surface area contributed by atoms with Crippen molar-refractivity contribution in [1.29, 1.82) is 0 Å². The van der Waals surface area contributed by atoms with Crippen LogP contribution in [-0.4, -0.2) is 59.3 Å². The van der Waals surface area contributed by atoms with Crippen LogP contribution in [0.2, 0.25) is 0 Å². The molecule has 1 fully saturated rings. The van der Waals surface area contributed by atoms with Crippen molar-refractivity contribution < 1.29 is 37.0 Å². The van der Waals surface area contributed by atoms with Gasteiger partial charge in [0.2, 0.25) is 0 Å². The lowest BCUT2D eigenvalue weighted by molar-refractivity contribution is -0.137. The van der Waals surface area contributed by atoms with Crippen LogP contribution in [0.5, 0.6) is 11.5 Å². The van der Waals surface area contributed by atoms with Gasteiger partial charge in [-0.15, -0.1) is 0 Å². The van der Waals surface area contributed by atoms with Crippen molar-refractivity contribution in [3.05, 3.63) is 47.5 Å². The molecule has 0 radical (unpaired) electrons. The lowest BCUT2D eigenvalue weighted by Gasteiger charge is -2.31. The van der Waals surface area contributed by atoms with Crippen molar-refractivity contribution in [2.75, 3.05) is 57.3 Å². The van der Waals surface area contributed by atoms with E-state index in [0.29, 0.717) is 49.1 Å². The molecule has 3 rings (SSSR count). The number of methoxy groups -OCH3 is 2. The summed E-state index contributed by atoms with van der Waals surface area (Å²) in [5, 5.41) is 6.23. The van der Waals surface area contributed by atoms with Gasteiger partial charge in [-0.1, -0.05) is 5.16 Å². The molecule has 11 heteroatoms. The molecule has 0 saturated carbocycles. The minimum Gasteiger partial charge on any atom is -0.493 e. The molecule has 2 aromatic rings. The number of halogens is 3. The van der Waals surface area contributed by atoms with Gasteiger partial charge < -0.3 is 29.3 Å². The highest BCUT2D eigenvalue weighted by Crippen LogP contribution is 2.35. The van der Waals surface area contributed by atoms with Gasteiger partial charge in [-0.2, -0.15) is 13.2 Å². The third-order valence-electron chi connectivity index (χ3n) is 4.83. The number of ether oxygens (including phenoxy) is 3. The van der Waals surface area contributed by atoms with E-state index in [9.17, 15) is 18.0 Å². The van der Waals surface area contributed by atoms with Gasteiger partial charge in [0.1, 0.15) is 0 Å². The molecule has 1 aliphatic rings. The maximum absolute atomic E-state index is 13.2. The number of anilines is 2. The number of nitrogens with zero attached hydrogens (tertiary/aromatic N) is 2. The molecule has 0 spiro atoms. The monoisotopic (exact) mass is 467 g/mol. The normalized spacial score (nSPS) is 14.3. The number of benzene rings is 2. The lowest BCUT2D eigenvalue weighted by Crippen LogP contribution is -2.37. The average molecular weight is 467 g/mol. The Kier molecular flexibility index (Phi) is 7.99. The highest BCUT2D eigenvalue weighted by molar-refractivity contribution is 5.95. The molecule has 0 aliphatic carbocycles. The Morgan fingerprint density at radius 2 is 1.85 bits per heavy atom. The number of carbonyl (C=O) groups excluding carboxylic acids is 1. The topological polar surface area (TPSA) is 81.6 Å². The third-order valence-corrected chi connectivity index (χ3v) is 4.83. The minimum atomic E-state index is -4.54. The van der Waals surface area contributed by atoms with Crippen LogP contribution in [0.25, 0.3) is 0 Å². The second-order valence-electron chi connectivity index (χ2n) is 7.00. The Balaban J connectivity index is 1.65. The molecule has 8 nitrogen and oxygen atoms in total. The zero-order valence-electron chi connectivity index (χ0n) is 18.1. The smallest absolute Gasteiger partial charge is 0.416 e. The van der Waals surface area contributed by atoms with Gasteiger partial charge in [0.15, 0.2) is 18.1 Å². The van der Waals surface area contributed by atoms with Gasteiger partial charge in [-0.25, -0.2) is 0 Å². The largest absolute Gasteiger partial charge is 0.493 e. The van der Waals surface area contributed by atoms with Crippen LogP contribution in [0.1, 0.15) is 11.1 Å². The maximum atomic E-state index is 13.2. The fourth-order valence-corrected chi connectivity index (χ4v) is 3.21. The number of oxime groups is 1. The summed E-state index contributed by atoms with van der Waals surface area (Å²) in [7, 11) is 3.01. The van der Waals surface area contributed by atoms with E-state index in [4.69, 9.17) is 19.0 Å². The number of morpholine rings is 1. The molecule has 0 unspecified atom stereocenters. The zero-order valence-corrected chi connectivity index (χ0v) is 18.1. The Bertz CT molecular complexity index is 992. The summed E-state index contributed by atoms with van der Waals surface area (Å²) in [5.41, 5.74) is 0.306. The van der Waals surface area contributed by atoms with Crippen molar-refractivity contribution in [1.82, 2.24) is 0 Å². The van der Waals surface area contributed by atoms with E-state index < -0.39 is 24.3 Å².